The van der Waals surface area contributed by atoms with E-state index >= 15 is 0 Å². The van der Waals surface area contributed by atoms with Gasteiger partial charge in [0.05, 0.1) is 29.5 Å². The topological polar surface area (TPSA) is 93.7 Å². The predicted octanol–water partition coefficient (Wildman–Crippen LogP) is 7.36. The Morgan fingerprint density at radius 3 is 1.90 bits per heavy atom. The summed E-state index contributed by atoms with van der Waals surface area (Å²) in [6.45, 7) is 3.05. The molecule has 0 saturated carbocycles. The van der Waals surface area contributed by atoms with Crippen molar-refractivity contribution in [2.45, 2.75) is 20.0 Å². The molecular weight excluding hydrogens is 556 g/mol. The number of carbonyl (C=O) groups excluding carboxylic acids is 2. The van der Waals surface area contributed by atoms with Crippen molar-refractivity contribution in [2.24, 2.45) is 0 Å². The Labute approximate surface area is 228 Å². The molecule has 7 nitrogen and oxygen atoms in total. The van der Waals surface area contributed by atoms with Crippen LogP contribution in [0.1, 0.15) is 35.3 Å². The summed E-state index contributed by atoms with van der Waals surface area (Å²) in [7, 11) is -4.23. The molecule has 3 aromatic carbocycles. The van der Waals surface area contributed by atoms with Crippen molar-refractivity contribution in [3.63, 3.8) is 0 Å². The molecular formula is C27H25ClF3N2O5P. The maximum absolute atomic E-state index is 14.1. The second-order valence-corrected chi connectivity index (χ2v) is 10.3. The van der Waals surface area contributed by atoms with E-state index < -0.39 is 41.9 Å². The third-order valence-electron chi connectivity index (χ3n) is 5.20. The molecule has 0 unspecified atom stereocenters. The molecule has 12 heteroatoms. The van der Waals surface area contributed by atoms with Crippen molar-refractivity contribution in [2.75, 3.05) is 18.5 Å². The van der Waals surface area contributed by atoms with Gasteiger partial charge < -0.3 is 19.7 Å². The number of carbonyl (C=O) groups is 2. The average molecular weight is 581 g/mol. The van der Waals surface area contributed by atoms with Gasteiger partial charge >= 0.3 is 13.8 Å². The third-order valence-corrected chi connectivity index (χ3v) is 7.74. The molecule has 0 bridgehead atoms. The highest BCUT2D eigenvalue weighted by Crippen LogP contribution is 2.61. The van der Waals surface area contributed by atoms with Crippen molar-refractivity contribution in [1.82, 2.24) is 5.32 Å². The summed E-state index contributed by atoms with van der Waals surface area (Å²) in [5, 5.41) is 4.28. The number of alkyl halides is 3. The fourth-order valence-corrected chi connectivity index (χ4v) is 5.66. The van der Waals surface area contributed by atoms with Crippen LogP contribution in [0.3, 0.4) is 0 Å². The molecule has 206 valence electrons. The van der Waals surface area contributed by atoms with Gasteiger partial charge in [0.25, 0.3) is 11.8 Å². The highest BCUT2D eigenvalue weighted by molar-refractivity contribution is 7.65. The summed E-state index contributed by atoms with van der Waals surface area (Å²) >= 11 is 6.05. The third kappa shape index (κ3) is 7.58. The molecule has 2 N–H and O–H groups in total. The van der Waals surface area contributed by atoms with E-state index in [2.05, 4.69) is 10.6 Å². The Morgan fingerprint density at radius 2 is 1.41 bits per heavy atom. The number of anilines is 1. The summed E-state index contributed by atoms with van der Waals surface area (Å²) in [6, 6.07) is 18.4. The van der Waals surface area contributed by atoms with Crippen molar-refractivity contribution in [1.29, 1.82) is 0 Å². The number of amides is 2. The number of nitrogens with one attached hydrogen (secondary N) is 2. The zero-order valence-electron chi connectivity index (χ0n) is 20.9. The van der Waals surface area contributed by atoms with Crippen LogP contribution in [-0.2, 0) is 24.6 Å². The lowest BCUT2D eigenvalue weighted by Crippen LogP contribution is -2.32. The monoisotopic (exact) mass is 580 g/mol. The largest absolute Gasteiger partial charge is 0.416 e. The molecule has 0 aromatic heterocycles. The fraction of sp³-hybridized carbons (Fsp3) is 0.185. The molecule has 0 aliphatic carbocycles. The van der Waals surface area contributed by atoms with Gasteiger partial charge in [0.1, 0.15) is 11.0 Å². The average Bonchev–Trinajstić information content (AvgIpc) is 2.90. The molecule has 0 aliphatic rings. The smallest absolute Gasteiger partial charge is 0.319 e. The zero-order valence-corrected chi connectivity index (χ0v) is 22.6. The summed E-state index contributed by atoms with van der Waals surface area (Å²) in [5.41, 5.74) is -1.24. The summed E-state index contributed by atoms with van der Waals surface area (Å²) < 4.78 is 64.4. The van der Waals surface area contributed by atoms with Crippen LogP contribution in [0.5, 0.6) is 0 Å². The van der Waals surface area contributed by atoms with Gasteiger partial charge in [-0.15, -0.1) is 0 Å². The van der Waals surface area contributed by atoms with Crippen molar-refractivity contribution in [3.05, 3.63) is 106 Å². The lowest BCUT2D eigenvalue weighted by Gasteiger charge is -2.24. The Hall–Kier alpha value is -3.43. The van der Waals surface area contributed by atoms with Gasteiger partial charge in [-0.3, -0.25) is 14.2 Å². The number of rotatable bonds is 10. The molecule has 3 aromatic rings. The number of halogens is 4. The highest BCUT2D eigenvalue weighted by Gasteiger charge is 2.37. The van der Waals surface area contributed by atoms with Gasteiger partial charge in [-0.2, -0.15) is 13.2 Å². The van der Waals surface area contributed by atoms with E-state index in [1.165, 1.54) is 12.1 Å². The molecule has 0 aliphatic heterocycles. The van der Waals surface area contributed by atoms with E-state index in [0.29, 0.717) is 6.07 Å². The Bertz CT molecular complexity index is 1390. The molecule has 0 heterocycles. The van der Waals surface area contributed by atoms with Crippen LogP contribution in [0, 0.1) is 0 Å². The Balaban J connectivity index is 2.21. The quantitative estimate of drug-likeness (QED) is 0.193. The second-order valence-electron chi connectivity index (χ2n) is 7.89. The van der Waals surface area contributed by atoms with Crippen molar-refractivity contribution >= 4 is 42.0 Å². The summed E-state index contributed by atoms with van der Waals surface area (Å²) in [4.78, 5) is 26.9. The molecule has 0 radical (unpaired) electrons. The minimum absolute atomic E-state index is 0.0557. The maximum Gasteiger partial charge on any atom is 0.416 e. The first-order valence-electron chi connectivity index (χ1n) is 11.7. The Morgan fingerprint density at radius 1 is 0.872 bits per heavy atom. The standard InChI is InChI=1S/C27H25ClF3N2O5P/c1-3-37-39(36,38-4-2)24(18-11-7-5-8-12-18)23(33-25(34)19-13-9-6-10-14-19)26(35)32-22-16-15-20(17-21(22)28)27(29,30)31/h5-17H,3-4H2,1-2H3,(H,32,35)(H,33,34)/b24-23+. The molecule has 2 amide bonds. The van der Waals surface area contributed by atoms with Crippen molar-refractivity contribution < 1.29 is 36.4 Å². The van der Waals surface area contributed by atoms with Crippen LogP contribution in [0.4, 0.5) is 18.9 Å². The first kappa shape index (κ1) is 30.1. The zero-order chi connectivity index (χ0) is 28.6. The van der Waals surface area contributed by atoms with Gasteiger partial charge in [-0.1, -0.05) is 60.1 Å². The summed E-state index contributed by atoms with van der Waals surface area (Å²) in [5.74, 6) is -1.73. The van der Waals surface area contributed by atoms with E-state index in [1.54, 1.807) is 62.4 Å². The number of hydrogen-bond acceptors (Lipinski definition) is 5. The minimum atomic E-state index is -4.65. The predicted molar refractivity (Wildman–Crippen MR) is 143 cm³/mol. The van der Waals surface area contributed by atoms with E-state index in [4.69, 9.17) is 20.6 Å². The van der Waals surface area contributed by atoms with Gasteiger partial charge in [0, 0.05) is 5.56 Å². The lowest BCUT2D eigenvalue weighted by atomic mass is 10.1. The number of hydrogen-bond donors (Lipinski definition) is 2. The molecule has 0 atom stereocenters. The minimum Gasteiger partial charge on any atom is -0.319 e. The molecule has 0 fully saturated rings. The van der Waals surface area contributed by atoms with Crippen molar-refractivity contribution in [3.8, 4) is 0 Å². The first-order chi connectivity index (χ1) is 18.5. The van der Waals surface area contributed by atoms with Crippen LogP contribution < -0.4 is 10.6 Å². The molecule has 0 saturated heterocycles. The van der Waals surface area contributed by atoms with Gasteiger partial charge in [-0.05, 0) is 49.7 Å². The SMILES string of the molecule is CCOP(=O)(OCC)/C(=C(/NC(=O)c1ccccc1)C(=O)Nc1ccc(C(F)(F)F)cc1Cl)c1ccccc1. The second kappa shape index (κ2) is 13.1. The van der Waals surface area contributed by atoms with Crippen LogP contribution in [0.2, 0.25) is 5.02 Å². The lowest BCUT2D eigenvalue weighted by molar-refractivity contribution is -0.137. The molecule has 0 spiro atoms. The van der Waals surface area contributed by atoms with E-state index in [1.807, 2.05) is 0 Å². The van der Waals surface area contributed by atoms with Crippen LogP contribution in [0.15, 0.2) is 84.6 Å². The van der Waals surface area contributed by atoms with Crippen LogP contribution in [0.25, 0.3) is 5.31 Å². The first-order valence-corrected chi connectivity index (χ1v) is 13.7. The molecule has 3 rings (SSSR count). The number of benzene rings is 3. The Kier molecular flexibility index (Phi) is 10.1. The van der Waals surface area contributed by atoms with Gasteiger partial charge in [0.2, 0.25) is 0 Å². The van der Waals surface area contributed by atoms with Gasteiger partial charge in [-0.25, -0.2) is 0 Å². The van der Waals surface area contributed by atoms with E-state index in [9.17, 15) is 27.3 Å². The maximum atomic E-state index is 14.1. The normalized spacial score (nSPS) is 12.5. The van der Waals surface area contributed by atoms with Gasteiger partial charge in [0.15, 0.2) is 0 Å². The van der Waals surface area contributed by atoms with Crippen LogP contribution in [-0.4, -0.2) is 25.0 Å². The molecule has 39 heavy (non-hydrogen) atoms. The van der Waals surface area contributed by atoms with Crippen LogP contribution >= 0.6 is 19.2 Å². The summed E-state index contributed by atoms with van der Waals surface area (Å²) in [6.07, 6.45) is -4.65. The highest BCUT2D eigenvalue weighted by atomic mass is 35.5. The fourth-order valence-electron chi connectivity index (χ4n) is 3.52. The van der Waals surface area contributed by atoms with E-state index in [0.717, 1.165) is 12.1 Å². The van der Waals surface area contributed by atoms with E-state index in [-0.39, 0.29) is 35.3 Å².